The first-order chi connectivity index (χ1) is 27.3. The van der Waals surface area contributed by atoms with E-state index in [1.54, 1.807) is 0 Å². The fourth-order valence-electron chi connectivity index (χ4n) is 8.86. The van der Waals surface area contributed by atoms with Crippen LogP contribution in [0.3, 0.4) is 0 Å². The number of anilines is 1. The molecule has 0 aliphatic carbocycles. The van der Waals surface area contributed by atoms with Crippen LogP contribution < -0.4 is 26.2 Å². The summed E-state index contributed by atoms with van der Waals surface area (Å²) >= 11 is 0. The third-order valence-corrected chi connectivity index (χ3v) is 14.5. The van der Waals surface area contributed by atoms with Crippen LogP contribution in [0.25, 0.3) is 49.4 Å². The van der Waals surface area contributed by atoms with Gasteiger partial charge in [-0.05, 0) is 59.2 Å². The van der Waals surface area contributed by atoms with E-state index < -0.39 is 8.80 Å². The highest BCUT2D eigenvalue weighted by molar-refractivity contribution is 6.95. The Hall–Kier alpha value is -6.66. The van der Waals surface area contributed by atoms with Crippen molar-refractivity contribution in [3.05, 3.63) is 211 Å². The Labute approximate surface area is 320 Å². The number of nitrogens with one attached hydrogen (secondary N) is 2. The quantitative estimate of drug-likeness (QED) is 0.133. The predicted octanol–water partition coefficient (Wildman–Crippen LogP) is 9.73. The van der Waals surface area contributed by atoms with Crippen LogP contribution in [0.5, 0.6) is 0 Å². The maximum atomic E-state index is 6.50. The van der Waals surface area contributed by atoms with Gasteiger partial charge in [-0.3, -0.25) is 5.32 Å². The van der Waals surface area contributed by atoms with Crippen molar-refractivity contribution in [2.45, 2.75) is 12.2 Å². The molecule has 8 aromatic carbocycles. The summed E-state index contributed by atoms with van der Waals surface area (Å²) in [6.07, 6.45) is -0.0900. The number of rotatable bonds is 6. The first kappa shape index (κ1) is 31.8. The maximum Gasteiger partial charge on any atom is 0.136 e. The van der Waals surface area contributed by atoms with Gasteiger partial charge in [-0.15, -0.1) is 0 Å². The van der Waals surface area contributed by atoms with Gasteiger partial charge in [-0.25, -0.2) is 0 Å². The fourth-order valence-corrected chi connectivity index (χ4v) is 11.8. The number of fused-ring (bicyclic) bond motifs is 7. The monoisotopic (exact) mass is 723 g/mol. The summed E-state index contributed by atoms with van der Waals surface area (Å²) in [5.74, 6) is 0. The molecule has 0 saturated heterocycles. The minimum Gasteiger partial charge on any atom is -0.456 e. The molecular formula is C50H37N3OSi. The van der Waals surface area contributed by atoms with E-state index in [9.17, 15) is 0 Å². The number of hydrogen-bond donors (Lipinski definition) is 2. The average Bonchev–Trinajstić information content (AvgIpc) is 3.78. The zero-order valence-corrected chi connectivity index (χ0v) is 31.2. The Bertz CT molecular complexity index is 2970. The topological polar surface area (TPSA) is 42.1 Å². The molecular weight excluding hydrogens is 687 g/mol. The van der Waals surface area contributed by atoms with Crippen LogP contribution in [0, 0.1) is 0 Å². The molecule has 4 nitrogen and oxygen atoms in total. The molecule has 5 heteroatoms. The molecule has 10 aromatic rings. The van der Waals surface area contributed by atoms with E-state index in [2.05, 4.69) is 203 Å². The second-order valence-electron chi connectivity index (χ2n) is 14.6. The van der Waals surface area contributed by atoms with Gasteiger partial charge in [0.2, 0.25) is 0 Å². The van der Waals surface area contributed by atoms with E-state index in [1.165, 1.54) is 48.5 Å². The highest BCUT2D eigenvalue weighted by Crippen LogP contribution is 2.40. The summed E-state index contributed by atoms with van der Waals surface area (Å²) in [5, 5.41) is 16.7. The highest BCUT2D eigenvalue weighted by Gasteiger charge is 2.28. The van der Waals surface area contributed by atoms with Crippen LogP contribution in [0.1, 0.15) is 28.9 Å². The maximum absolute atomic E-state index is 6.50. The minimum atomic E-state index is -1.77. The summed E-state index contributed by atoms with van der Waals surface area (Å²) < 4.78 is 8.95. The highest BCUT2D eigenvalue weighted by atomic mass is 28.3. The SMILES string of the molecule is c1ccc(C2NC(c3cccc(-n4c5ccc([SiH](c6ccccc6)c6ccccc6)cc5c5cc6oc7ccccc7c6cc54)c3)Nc3ccccc32)cc1. The Morgan fingerprint density at radius 3 is 1.93 bits per heavy atom. The molecule has 1 aliphatic heterocycles. The molecule has 1 aliphatic rings. The van der Waals surface area contributed by atoms with E-state index in [0.717, 1.165) is 38.8 Å². The molecule has 55 heavy (non-hydrogen) atoms. The van der Waals surface area contributed by atoms with E-state index >= 15 is 0 Å². The third kappa shape index (κ3) is 5.39. The van der Waals surface area contributed by atoms with Gasteiger partial charge in [-0.1, -0.05) is 167 Å². The van der Waals surface area contributed by atoms with Crippen molar-refractivity contribution in [1.82, 2.24) is 9.88 Å². The standard InChI is InChI=1S/C50H37N3OSi/c1-4-15-33(16-5-1)49-40-24-10-12-25-44(40)51-50(52-49)34-17-14-18-35(29-34)53-45-28-27-38(55(36-19-6-2-7-20-36)37-21-8-3-9-22-37)30-41(45)42-32-48-43(31-46(42)53)39-23-11-13-26-47(39)54-48/h1-32,49-52,55H. The minimum absolute atomic E-state index is 0.0629. The summed E-state index contributed by atoms with van der Waals surface area (Å²) in [5.41, 5.74) is 10.1. The van der Waals surface area contributed by atoms with Crippen molar-refractivity contribution in [3.63, 3.8) is 0 Å². The lowest BCUT2D eigenvalue weighted by atomic mass is 9.93. The normalized spacial score (nSPS) is 15.5. The van der Waals surface area contributed by atoms with Crippen LogP contribution in [0.2, 0.25) is 0 Å². The van der Waals surface area contributed by atoms with Gasteiger partial charge in [0.05, 0.1) is 17.1 Å². The summed E-state index contributed by atoms with van der Waals surface area (Å²) in [6.45, 7) is 0. The van der Waals surface area contributed by atoms with E-state index in [1.807, 2.05) is 6.07 Å². The van der Waals surface area contributed by atoms with Crippen molar-refractivity contribution in [2.75, 3.05) is 5.32 Å². The largest absolute Gasteiger partial charge is 0.456 e. The molecule has 11 rings (SSSR count). The molecule has 0 amide bonds. The number of benzene rings is 8. The molecule has 2 unspecified atom stereocenters. The smallest absolute Gasteiger partial charge is 0.136 e. The first-order valence-electron chi connectivity index (χ1n) is 19.0. The van der Waals surface area contributed by atoms with Crippen molar-refractivity contribution in [2.24, 2.45) is 0 Å². The lowest BCUT2D eigenvalue weighted by Gasteiger charge is -2.35. The number of aromatic nitrogens is 1. The molecule has 2 atom stereocenters. The fraction of sp³-hybridized carbons (Fsp3) is 0.0400. The number of furan rings is 1. The molecule has 2 aromatic heterocycles. The van der Waals surface area contributed by atoms with Crippen LogP contribution in [0.15, 0.2) is 199 Å². The van der Waals surface area contributed by atoms with Gasteiger partial charge in [0.25, 0.3) is 0 Å². The Morgan fingerprint density at radius 2 is 1.13 bits per heavy atom. The van der Waals surface area contributed by atoms with Gasteiger partial charge in [0.15, 0.2) is 0 Å². The van der Waals surface area contributed by atoms with E-state index in [0.29, 0.717) is 0 Å². The van der Waals surface area contributed by atoms with E-state index in [-0.39, 0.29) is 12.2 Å². The van der Waals surface area contributed by atoms with Crippen molar-refractivity contribution in [1.29, 1.82) is 0 Å². The number of nitrogens with zero attached hydrogens (tertiary/aromatic N) is 1. The lowest BCUT2D eigenvalue weighted by molar-refractivity contribution is 0.506. The van der Waals surface area contributed by atoms with Crippen molar-refractivity contribution in [3.8, 4) is 5.69 Å². The number of hydrogen-bond acceptors (Lipinski definition) is 3. The third-order valence-electron chi connectivity index (χ3n) is 11.4. The molecule has 0 fully saturated rings. The van der Waals surface area contributed by atoms with Gasteiger partial charge in [0.1, 0.15) is 26.1 Å². The predicted molar refractivity (Wildman–Crippen MR) is 231 cm³/mol. The lowest BCUT2D eigenvalue weighted by Crippen LogP contribution is -2.51. The first-order valence-corrected chi connectivity index (χ1v) is 20.8. The number of para-hydroxylation sites is 2. The second-order valence-corrected chi connectivity index (χ2v) is 17.5. The summed E-state index contributed by atoms with van der Waals surface area (Å²) in [4.78, 5) is 0. The molecule has 0 spiro atoms. The van der Waals surface area contributed by atoms with Crippen molar-refractivity contribution >= 4 is 73.8 Å². The molecule has 0 bridgehead atoms. The summed E-state index contributed by atoms with van der Waals surface area (Å²) in [6, 6.07) is 70.7. The van der Waals surface area contributed by atoms with Gasteiger partial charge in [-0.2, -0.15) is 0 Å². The van der Waals surface area contributed by atoms with E-state index in [4.69, 9.17) is 4.42 Å². The zero-order valence-electron chi connectivity index (χ0n) is 30.1. The Morgan fingerprint density at radius 1 is 0.455 bits per heavy atom. The second kappa shape index (κ2) is 13.0. The van der Waals surface area contributed by atoms with Crippen molar-refractivity contribution < 1.29 is 4.42 Å². The van der Waals surface area contributed by atoms with Gasteiger partial charge < -0.3 is 14.3 Å². The molecule has 0 saturated carbocycles. The Kier molecular flexibility index (Phi) is 7.54. The average molecular weight is 724 g/mol. The zero-order chi connectivity index (χ0) is 36.3. The van der Waals surface area contributed by atoms with Crippen LogP contribution in [-0.4, -0.2) is 13.4 Å². The van der Waals surface area contributed by atoms with Crippen LogP contribution in [0.4, 0.5) is 5.69 Å². The molecule has 262 valence electrons. The van der Waals surface area contributed by atoms with Crippen LogP contribution >= 0.6 is 0 Å². The molecule has 2 N–H and O–H groups in total. The Balaban J connectivity index is 1.11. The van der Waals surface area contributed by atoms with Gasteiger partial charge >= 0.3 is 0 Å². The van der Waals surface area contributed by atoms with Crippen LogP contribution in [-0.2, 0) is 0 Å². The molecule has 3 heterocycles. The summed E-state index contributed by atoms with van der Waals surface area (Å²) in [7, 11) is -1.77. The molecule has 0 radical (unpaired) electrons. The van der Waals surface area contributed by atoms with Gasteiger partial charge in [0, 0.05) is 32.9 Å².